The molecule has 0 spiro atoms. The van der Waals surface area contributed by atoms with Gasteiger partial charge in [-0.15, -0.1) is 0 Å². The van der Waals surface area contributed by atoms with Gasteiger partial charge in [0, 0.05) is 53.2 Å². The average molecular weight is 937 g/mol. The first-order valence-electron chi connectivity index (χ1n) is 17.0. The van der Waals surface area contributed by atoms with Gasteiger partial charge in [0.25, 0.3) is 0 Å². The molecule has 2 amide bonds. The summed E-state index contributed by atoms with van der Waals surface area (Å²) in [5.74, 6) is 0.422. The van der Waals surface area contributed by atoms with Crippen LogP contribution in [0.4, 0.5) is 27.8 Å². The maximum Gasteiger partial charge on any atom is 0.324 e. The first-order valence-corrected chi connectivity index (χ1v) is 18.2. The SMILES string of the molecule is COc1ccccc1-c1cc(N)ncn1.COc1ccccc1-c1cc(NC(=O)Nc2cccc(CC(=O)O)c2)ncn1.C[CH-]I.Nc1cccc(CC(=O)O)c1.[V]. The average Bonchev–Trinajstić information content (AvgIpc) is 3.18. The van der Waals surface area contributed by atoms with E-state index in [2.05, 4.69) is 53.2 Å². The molecule has 0 aliphatic heterocycles. The zero-order chi connectivity index (χ0) is 41.6. The minimum Gasteiger partial charge on any atom is -0.496 e. The molecule has 0 bridgehead atoms. The van der Waals surface area contributed by atoms with E-state index in [1.54, 1.807) is 74.9 Å². The van der Waals surface area contributed by atoms with Gasteiger partial charge in [0.05, 0.1) is 38.4 Å². The number of carbonyl (C=O) groups excluding carboxylic acids is 1. The number of urea groups is 1. The van der Waals surface area contributed by atoms with Crippen LogP contribution in [0.25, 0.3) is 22.5 Å². The Balaban J connectivity index is 0.000000323. The van der Waals surface area contributed by atoms with Gasteiger partial charge in [0.2, 0.25) is 0 Å². The number of aliphatic carboxylic acids is 2. The Morgan fingerprint density at radius 1 is 0.672 bits per heavy atom. The minimum absolute atomic E-state index is 0. The van der Waals surface area contributed by atoms with Gasteiger partial charge < -0.3 is 59.1 Å². The van der Waals surface area contributed by atoms with Crippen molar-refractivity contribution in [1.29, 1.82) is 0 Å². The van der Waals surface area contributed by atoms with E-state index < -0.39 is 18.0 Å². The van der Waals surface area contributed by atoms with Crippen LogP contribution in [-0.4, -0.2) is 62.3 Å². The van der Waals surface area contributed by atoms with E-state index in [4.69, 9.17) is 31.2 Å². The number of nitrogens with two attached hydrogens (primary N) is 2. The van der Waals surface area contributed by atoms with Crippen molar-refractivity contribution in [1.82, 2.24) is 19.9 Å². The quantitative estimate of drug-likeness (QED) is 0.0440. The number of anilines is 4. The van der Waals surface area contributed by atoms with Crippen molar-refractivity contribution in [2.45, 2.75) is 19.8 Å². The summed E-state index contributed by atoms with van der Waals surface area (Å²) in [5.41, 5.74) is 16.5. The standard InChI is InChI=1S/C20H18N4O4.C11H11N3O.C8H9NO2.C2H4I.V/c1-28-17-8-3-2-7-15(17)16-11-18(22-12-21-16)24-20(27)23-14-6-4-5-13(9-14)10-19(25)26;1-15-10-5-3-2-4-8(10)9-6-11(12)14-7-13-9;9-7-3-1-2-6(4-7)5-8(10)11;1-2-3;/h2-9,11-12H,10H2,1H3,(H,25,26)(H2,21,22,23,24,27);2-7H,1H3,(H2,12,13,14);1-4H,5,9H2,(H,10,11);2H,1H3;/q;;;-1;. The van der Waals surface area contributed by atoms with Crippen LogP contribution in [0.1, 0.15) is 18.1 Å². The predicted octanol–water partition coefficient (Wildman–Crippen LogP) is 7.65. The summed E-state index contributed by atoms with van der Waals surface area (Å²) in [7, 11) is 3.20. The number of carboxylic acids is 2. The summed E-state index contributed by atoms with van der Waals surface area (Å²) >= 11 is 2.16. The van der Waals surface area contributed by atoms with E-state index in [1.165, 1.54) is 12.7 Å². The molecule has 2 heterocycles. The zero-order valence-electron chi connectivity index (χ0n) is 31.7. The van der Waals surface area contributed by atoms with Crippen molar-refractivity contribution in [3.8, 4) is 34.0 Å². The maximum absolute atomic E-state index is 12.3. The summed E-state index contributed by atoms with van der Waals surface area (Å²) in [5, 5.41) is 22.6. The van der Waals surface area contributed by atoms with Crippen LogP contribution in [0, 0.1) is 4.43 Å². The van der Waals surface area contributed by atoms with Crippen molar-refractivity contribution < 1.29 is 52.6 Å². The largest absolute Gasteiger partial charge is 0.496 e. The van der Waals surface area contributed by atoms with E-state index in [-0.39, 0.29) is 31.4 Å². The minimum atomic E-state index is -0.938. The third kappa shape index (κ3) is 16.9. The van der Waals surface area contributed by atoms with Crippen molar-refractivity contribution in [3.05, 3.63) is 137 Å². The van der Waals surface area contributed by atoms with Crippen LogP contribution in [0.15, 0.2) is 122 Å². The Morgan fingerprint density at radius 3 is 1.69 bits per heavy atom. The number of hydrogen-bond acceptors (Lipinski definition) is 11. The topological polar surface area (TPSA) is 238 Å². The Labute approximate surface area is 361 Å². The molecule has 0 unspecified atom stereocenters. The molecule has 0 saturated heterocycles. The molecule has 8 N–H and O–H groups in total. The molecule has 6 rings (SSSR count). The molecule has 1 radical (unpaired) electrons. The second-order valence-corrected chi connectivity index (χ2v) is 12.6. The van der Waals surface area contributed by atoms with Crippen LogP contribution in [0.5, 0.6) is 11.5 Å². The first-order chi connectivity index (χ1) is 27.5. The molecular weight excluding hydrogens is 894 g/mol. The number of nitrogens with one attached hydrogen (secondary N) is 2. The molecule has 0 saturated carbocycles. The van der Waals surface area contributed by atoms with Crippen molar-refractivity contribution in [2.24, 2.45) is 0 Å². The Hall–Kier alpha value is -6.24. The fourth-order valence-electron chi connectivity index (χ4n) is 4.90. The van der Waals surface area contributed by atoms with Crippen molar-refractivity contribution in [2.75, 3.05) is 36.3 Å². The zero-order valence-corrected chi connectivity index (χ0v) is 35.3. The van der Waals surface area contributed by atoms with Gasteiger partial charge in [-0.3, -0.25) is 19.3 Å². The number of aromatic nitrogens is 4. The van der Waals surface area contributed by atoms with Crippen LogP contribution >= 0.6 is 22.6 Å². The molecule has 6 aromatic rings. The van der Waals surface area contributed by atoms with E-state index in [9.17, 15) is 14.4 Å². The second-order valence-electron chi connectivity index (χ2n) is 11.4. The molecule has 4 aromatic carbocycles. The number of methoxy groups -OCH3 is 2. The van der Waals surface area contributed by atoms with Crippen LogP contribution in [-0.2, 0) is 41.0 Å². The summed E-state index contributed by atoms with van der Waals surface area (Å²) in [6.45, 7) is 1.99. The maximum atomic E-state index is 12.3. The molecule has 0 atom stereocenters. The van der Waals surface area contributed by atoms with Gasteiger partial charge >= 0.3 is 18.0 Å². The number of para-hydroxylation sites is 2. The van der Waals surface area contributed by atoms with Gasteiger partial charge in [0.1, 0.15) is 35.8 Å². The van der Waals surface area contributed by atoms with Gasteiger partial charge in [-0.25, -0.2) is 24.7 Å². The molecule has 58 heavy (non-hydrogen) atoms. The molecule has 17 heteroatoms. The number of carbonyl (C=O) groups is 3. The number of nitrogens with zero attached hydrogens (tertiary/aromatic N) is 4. The number of hydrogen-bond donors (Lipinski definition) is 6. The number of nitrogen functional groups attached to an aromatic ring is 2. The van der Waals surface area contributed by atoms with E-state index in [0.717, 1.165) is 28.1 Å². The van der Waals surface area contributed by atoms with Gasteiger partial charge in [-0.1, -0.05) is 48.5 Å². The summed E-state index contributed by atoms with van der Waals surface area (Å²) in [4.78, 5) is 49.6. The number of rotatable bonds is 10. The Morgan fingerprint density at radius 2 is 1.17 bits per heavy atom. The summed E-state index contributed by atoms with van der Waals surface area (Å²) < 4.78 is 12.5. The Bertz CT molecular complexity index is 2230. The first kappa shape index (κ1) is 47.9. The number of benzene rings is 4. The van der Waals surface area contributed by atoms with E-state index in [1.807, 2.05) is 59.9 Å². The van der Waals surface area contributed by atoms with E-state index >= 15 is 0 Å². The van der Waals surface area contributed by atoms with Crippen molar-refractivity contribution in [3.63, 3.8) is 0 Å². The molecule has 0 aliphatic rings. The summed E-state index contributed by atoms with van der Waals surface area (Å²) in [6.07, 6.45) is 2.71. The number of amides is 2. The fourth-order valence-corrected chi connectivity index (χ4v) is 4.90. The number of halogens is 1. The van der Waals surface area contributed by atoms with Gasteiger partial charge in [-0.05, 0) is 59.7 Å². The molecular formula is C41H42IN8O7V-. The van der Waals surface area contributed by atoms with Crippen LogP contribution in [0.3, 0.4) is 0 Å². The molecule has 15 nitrogen and oxygen atoms in total. The molecule has 301 valence electrons. The third-order valence-electron chi connectivity index (χ3n) is 7.21. The summed E-state index contributed by atoms with van der Waals surface area (Å²) in [6, 6.07) is 31.4. The predicted molar refractivity (Wildman–Crippen MR) is 229 cm³/mol. The Kier molecular flexibility index (Phi) is 21.3. The molecule has 2 aromatic heterocycles. The smallest absolute Gasteiger partial charge is 0.324 e. The van der Waals surface area contributed by atoms with Gasteiger partial charge in [0.15, 0.2) is 0 Å². The monoisotopic (exact) mass is 936 g/mol. The van der Waals surface area contributed by atoms with E-state index in [0.29, 0.717) is 40.0 Å². The van der Waals surface area contributed by atoms with Crippen LogP contribution in [0.2, 0.25) is 0 Å². The number of ether oxygens (including phenoxy) is 2. The fraction of sp³-hybridized carbons (Fsp3) is 0.122. The van der Waals surface area contributed by atoms with Gasteiger partial charge in [-0.2, -0.15) is 6.92 Å². The van der Waals surface area contributed by atoms with Crippen molar-refractivity contribution >= 4 is 63.6 Å². The van der Waals surface area contributed by atoms with Crippen LogP contribution < -0.4 is 31.6 Å². The molecule has 0 aliphatic carbocycles. The number of carboxylic acid groups (broad SMARTS) is 2. The molecule has 0 fully saturated rings. The normalized spacial score (nSPS) is 9.59. The second kappa shape index (κ2) is 25.8. The third-order valence-corrected chi connectivity index (χ3v) is 7.21.